The van der Waals surface area contributed by atoms with Crippen LogP contribution in [0.5, 0.6) is 0 Å². The van der Waals surface area contributed by atoms with Crippen molar-refractivity contribution in [3.05, 3.63) is 35.4 Å². The van der Waals surface area contributed by atoms with Crippen LogP contribution >= 0.6 is 11.6 Å². The Hall–Kier alpha value is -1.13. The highest BCUT2D eigenvalue weighted by molar-refractivity contribution is 7.93. The van der Waals surface area contributed by atoms with E-state index < -0.39 is 15.6 Å². The van der Waals surface area contributed by atoms with E-state index in [-0.39, 0.29) is 0 Å². The molecule has 86 valence electrons. The molecule has 0 spiro atoms. The first-order valence-corrected chi connectivity index (χ1v) is 6.81. The summed E-state index contributed by atoms with van der Waals surface area (Å²) in [7, 11) is -2.72. The lowest BCUT2D eigenvalue weighted by Crippen LogP contribution is -2.03. The van der Waals surface area contributed by atoms with E-state index in [1.807, 2.05) is 0 Å². The standard InChI is InChI=1S/C11H12ClNO2S/c1-4-9-7-10(12)5-6-11(9)16(3,15)13-8(2)14/h4-7H,1H2,2-3H3. The minimum Gasteiger partial charge on any atom is -0.272 e. The molecule has 5 heteroatoms. The molecule has 1 unspecified atom stereocenters. The van der Waals surface area contributed by atoms with Crippen molar-refractivity contribution in [3.8, 4) is 0 Å². The van der Waals surface area contributed by atoms with Crippen molar-refractivity contribution < 1.29 is 9.00 Å². The van der Waals surface area contributed by atoms with Crippen molar-refractivity contribution >= 4 is 33.3 Å². The SMILES string of the molecule is C=Cc1cc(Cl)ccc1S(C)(=O)=NC(C)=O. The number of hydrogen-bond acceptors (Lipinski definition) is 2. The maximum atomic E-state index is 12.2. The van der Waals surface area contributed by atoms with Crippen LogP contribution in [0.4, 0.5) is 0 Å². The third-order valence-electron chi connectivity index (χ3n) is 1.90. The molecule has 0 aliphatic rings. The molecule has 0 aliphatic carbocycles. The highest BCUT2D eigenvalue weighted by atomic mass is 35.5. The molecule has 0 radical (unpaired) electrons. The van der Waals surface area contributed by atoms with E-state index in [0.29, 0.717) is 15.5 Å². The molecule has 1 rings (SSSR count). The van der Waals surface area contributed by atoms with Gasteiger partial charge in [0.05, 0.1) is 14.6 Å². The number of nitrogens with zero attached hydrogens (tertiary/aromatic N) is 1. The van der Waals surface area contributed by atoms with Gasteiger partial charge < -0.3 is 0 Å². The number of halogens is 1. The van der Waals surface area contributed by atoms with Gasteiger partial charge in [0.25, 0.3) is 5.91 Å². The van der Waals surface area contributed by atoms with Gasteiger partial charge in [-0.25, -0.2) is 4.21 Å². The smallest absolute Gasteiger partial charge is 0.250 e. The van der Waals surface area contributed by atoms with Crippen LogP contribution in [0.25, 0.3) is 6.08 Å². The van der Waals surface area contributed by atoms with E-state index in [0.717, 1.165) is 0 Å². The van der Waals surface area contributed by atoms with Crippen LogP contribution in [-0.4, -0.2) is 16.4 Å². The molecule has 0 saturated heterocycles. The molecule has 0 heterocycles. The van der Waals surface area contributed by atoms with Gasteiger partial charge in [-0.3, -0.25) is 4.79 Å². The normalized spacial score (nSPS) is 13.9. The largest absolute Gasteiger partial charge is 0.272 e. The highest BCUT2D eigenvalue weighted by Gasteiger charge is 2.11. The summed E-state index contributed by atoms with van der Waals surface area (Å²) in [6, 6.07) is 4.86. The van der Waals surface area contributed by atoms with Crippen LogP contribution in [0.15, 0.2) is 34.0 Å². The molecule has 16 heavy (non-hydrogen) atoms. The number of carbonyl (C=O) groups excluding carboxylic acids is 1. The first-order valence-electron chi connectivity index (χ1n) is 4.51. The van der Waals surface area contributed by atoms with Gasteiger partial charge >= 0.3 is 0 Å². The zero-order valence-electron chi connectivity index (χ0n) is 9.07. The molecule has 0 aliphatic heterocycles. The van der Waals surface area contributed by atoms with Gasteiger partial charge in [0, 0.05) is 18.2 Å². The molecule has 3 nitrogen and oxygen atoms in total. The Morgan fingerprint density at radius 2 is 2.19 bits per heavy atom. The first-order chi connectivity index (χ1) is 7.36. The fourth-order valence-corrected chi connectivity index (χ4v) is 2.99. The van der Waals surface area contributed by atoms with Gasteiger partial charge in [0.1, 0.15) is 0 Å². The summed E-state index contributed by atoms with van der Waals surface area (Å²) in [6.45, 7) is 4.89. The molecule has 1 amide bonds. The molecule has 0 saturated carbocycles. The van der Waals surface area contributed by atoms with Gasteiger partial charge in [-0.2, -0.15) is 4.36 Å². The summed E-state index contributed by atoms with van der Waals surface area (Å²) in [5.41, 5.74) is 0.630. The van der Waals surface area contributed by atoms with E-state index in [2.05, 4.69) is 10.9 Å². The van der Waals surface area contributed by atoms with Gasteiger partial charge in [0.2, 0.25) is 0 Å². The van der Waals surface area contributed by atoms with Crippen LogP contribution in [0, 0.1) is 0 Å². The van der Waals surface area contributed by atoms with Gasteiger partial charge in [-0.1, -0.05) is 24.3 Å². The fraction of sp³-hybridized carbons (Fsp3) is 0.182. The van der Waals surface area contributed by atoms with Crippen LogP contribution in [0.1, 0.15) is 12.5 Å². The third-order valence-corrected chi connectivity index (χ3v) is 3.93. The van der Waals surface area contributed by atoms with Crippen molar-refractivity contribution in [2.24, 2.45) is 4.36 Å². The number of amides is 1. The average Bonchev–Trinajstić information content (AvgIpc) is 2.15. The topological polar surface area (TPSA) is 46.5 Å². The lowest BCUT2D eigenvalue weighted by atomic mass is 10.2. The summed E-state index contributed by atoms with van der Waals surface area (Å²) in [5, 5.41) is 0.525. The van der Waals surface area contributed by atoms with E-state index in [9.17, 15) is 9.00 Å². The summed E-state index contributed by atoms with van der Waals surface area (Å²) in [5.74, 6) is -0.461. The molecular formula is C11H12ClNO2S. The molecule has 1 aromatic rings. The number of hydrogen-bond donors (Lipinski definition) is 0. The monoisotopic (exact) mass is 257 g/mol. The van der Waals surface area contributed by atoms with E-state index in [1.165, 1.54) is 13.2 Å². The second-order valence-electron chi connectivity index (χ2n) is 3.30. The Morgan fingerprint density at radius 1 is 1.56 bits per heavy atom. The minimum absolute atomic E-state index is 0.461. The summed E-state index contributed by atoms with van der Waals surface area (Å²) in [6.07, 6.45) is 2.96. The second kappa shape index (κ2) is 4.80. The Labute approximate surface area is 100 Å². The summed E-state index contributed by atoms with van der Waals surface area (Å²) in [4.78, 5) is 11.4. The van der Waals surface area contributed by atoms with Gasteiger partial charge in [-0.15, -0.1) is 0 Å². The molecule has 0 fully saturated rings. The fourth-order valence-electron chi connectivity index (χ4n) is 1.32. The van der Waals surface area contributed by atoms with Crippen LogP contribution < -0.4 is 0 Å². The molecule has 0 N–H and O–H groups in total. The number of carbonyl (C=O) groups is 1. The molecular weight excluding hydrogens is 246 g/mol. The van der Waals surface area contributed by atoms with Crippen LogP contribution in [0.2, 0.25) is 5.02 Å². The number of benzene rings is 1. The quantitative estimate of drug-likeness (QED) is 0.818. The van der Waals surface area contributed by atoms with Crippen molar-refractivity contribution in [3.63, 3.8) is 0 Å². The predicted molar refractivity (Wildman–Crippen MR) is 67.0 cm³/mol. The molecule has 0 aromatic heterocycles. The van der Waals surface area contributed by atoms with Crippen LogP contribution in [-0.2, 0) is 14.5 Å². The Kier molecular flexibility index (Phi) is 3.88. The Bertz CT molecular complexity index is 557. The van der Waals surface area contributed by atoms with Crippen molar-refractivity contribution in [1.29, 1.82) is 0 Å². The van der Waals surface area contributed by atoms with Crippen LogP contribution in [0.3, 0.4) is 0 Å². The molecule has 1 aromatic carbocycles. The zero-order valence-corrected chi connectivity index (χ0v) is 10.6. The maximum absolute atomic E-state index is 12.2. The highest BCUT2D eigenvalue weighted by Crippen LogP contribution is 2.22. The number of rotatable bonds is 2. The predicted octanol–water partition coefficient (Wildman–Crippen LogP) is 2.99. The molecule has 1 atom stereocenters. The summed E-state index contributed by atoms with van der Waals surface area (Å²) < 4.78 is 15.8. The van der Waals surface area contributed by atoms with Crippen molar-refractivity contribution in [2.75, 3.05) is 6.26 Å². The Morgan fingerprint density at radius 3 is 2.69 bits per heavy atom. The molecule has 0 bridgehead atoms. The minimum atomic E-state index is -2.72. The Balaban J connectivity index is 3.51. The van der Waals surface area contributed by atoms with Crippen molar-refractivity contribution in [2.45, 2.75) is 11.8 Å². The maximum Gasteiger partial charge on any atom is 0.250 e. The van der Waals surface area contributed by atoms with E-state index in [4.69, 9.17) is 11.6 Å². The first kappa shape index (κ1) is 12.9. The average molecular weight is 258 g/mol. The lowest BCUT2D eigenvalue weighted by molar-refractivity contribution is -0.115. The van der Waals surface area contributed by atoms with Gasteiger partial charge in [-0.05, 0) is 23.8 Å². The third kappa shape index (κ3) is 2.93. The second-order valence-corrected chi connectivity index (χ2v) is 5.96. The van der Waals surface area contributed by atoms with E-state index in [1.54, 1.807) is 24.3 Å². The zero-order chi connectivity index (χ0) is 12.3. The summed E-state index contributed by atoms with van der Waals surface area (Å²) >= 11 is 5.81. The van der Waals surface area contributed by atoms with E-state index >= 15 is 0 Å². The van der Waals surface area contributed by atoms with Crippen molar-refractivity contribution in [1.82, 2.24) is 0 Å². The van der Waals surface area contributed by atoms with Gasteiger partial charge in [0.15, 0.2) is 0 Å². The lowest BCUT2D eigenvalue weighted by Gasteiger charge is -2.07.